The predicted octanol–water partition coefficient (Wildman–Crippen LogP) is 5.15. The molecule has 0 bridgehead atoms. The van der Waals surface area contributed by atoms with Crippen LogP contribution in [0.5, 0.6) is 0 Å². The summed E-state index contributed by atoms with van der Waals surface area (Å²) in [4.78, 5) is 16.5. The van der Waals surface area contributed by atoms with Crippen molar-refractivity contribution in [1.29, 1.82) is 0 Å². The summed E-state index contributed by atoms with van der Waals surface area (Å²) in [6.07, 6.45) is 1.66. The highest BCUT2D eigenvalue weighted by Gasteiger charge is 2.08. The number of pyridine rings is 1. The van der Waals surface area contributed by atoms with Gasteiger partial charge < -0.3 is 10.6 Å². The van der Waals surface area contributed by atoms with E-state index in [9.17, 15) is 4.79 Å². The second kappa shape index (κ2) is 7.27. The van der Waals surface area contributed by atoms with E-state index in [1.54, 1.807) is 12.3 Å². The fourth-order valence-corrected chi connectivity index (χ4v) is 2.46. The molecule has 4 nitrogen and oxygen atoms in total. The minimum atomic E-state index is -0.236. The number of aromatic nitrogens is 1. The zero-order chi connectivity index (χ0) is 16.9. The van der Waals surface area contributed by atoms with Gasteiger partial charge in [-0.3, -0.25) is 4.79 Å². The molecule has 0 unspecified atom stereocenters. The third kappa shape index (κ3) is 4.00. The third-order valence-electron chi connectivity index (χ3n) is 3.52. The van der Waals surface area contributed by atoms with Gasteiger partial charge in [0.15, 0.2) is 0 Å². The van der Waals surface area contributed by atoms with E-state index < -0.39 is 0 Å². The van der Waals surface area contributed by atoms with Crippen LogP contribution in [0.3, 0.4) is 0 Å². The first-order valence-electron chi connectivity index (χ1n) is 7.47. The van der Waals surface area contributed by atoms with Gasteiger partial charge in [-0.25, -0.2) is 4.98 Å². The van der Waals surface area contributed by atoms with Crippen LogP contribution in [0.15, 0.2) is 71.3 Å². The van der Waals surface area contributed by atoms with E-state index in [1.165, 1.54) is 0 Å². The molecule has 3 aromatic rings. The van der Waals surface area contributed by atoms with E-state index in [1.807, 2.05) is 61.5 Å². The number of carbonyl (C=O) groups is 1. The van der Waals surface area contributed by atoms with Crippen LogP contribution in [0.4, 0.5) is 17.1 Å². The van der Waals surface area contributed by atoms with Crippen LogP contribution in [0.25, 0.3) is 0 Å². The van der Waals surface area contributed by atoms with Gasteiger partial charge in [0, 0.05) is 15.8 Å². The number of para-hydroxylation sites is 1. The molecular formula is C19H16BrN3O. The van der Waals surface area contributed by atoms with E-state index in [4.69, 9.17) is 0 Å². The van der Waals surface area contributed by atoms with Crippen LogP contribution in [-0.4, -0.2) is 10.9 Å². The molecule has 0 saturated heterocycles. The number of rotatable bonds is 4. The molecule has 5 heteroatoms. The maximum Gasteiger partial charge on any atom is 0.274 e. The minimum Gasteiger partial charge on any atom is -0.354 e. The molecule has 0 fully saturated rings. The van der Waals surface area contributed by atoms with Gasteiger partial charge in [0.1, 0.15) is 5.69 Å². The van der Waals surface area contributed by atoms with E-state index >= 15 is 0 Å². The van der Waals surface area contributed by atoms with Gasteiger partial charge in [-0.1, -0.05) is 34.1 Å². The number of anilines is 3. The Balaban J connectivity index is 1.68. The zero-order valence-electron chi connectivity index (χ0n) is 13.1. The van der Waals surface area contributed by atoms with Gasteiger partial charge in [-0.05, 0) is 55.0 Å². The summed E-state index contributed by atoms with van der Waals surface area (Å²) in [7, 11) is 0. The maximum atomic E-state index is 12.2. The Morgan fingerprint density at radius 1 is 0.958 bits per heavy atom. The Morgan fingerprint density at radius 2 is 1.67 bits per heavy atom. The summed E-state index contributed by atoms with van der Waals surface area (Å²) < 4.78 is 0.963. The Kier molecular flexibility index (Phi) is 4.91. The third-order valence-corrected chi connectivity index (χ3v) is 4.05. The fraction of sp³-hybridized carbons (Fsp3) is 0.0526. The van der Waals surface area contributed by atoms with Crippen molar-refractivity contribution >= 4 is 38.9 Å². The van der Waals surface area contributed by atoms with Crippen molar-refractivity contribution in [2.75, 3.05) is 10.6 Å². The number of hydrogen-bond donors (Lipinski definition) is 2. The Bertz CT molecular complexity index is 845. The summed E-state index contributed by atoms with van der Waals surface area (Å²) in [5.74, 6) is -0.236. The van der Waals surface area contributed by atoms with Gasteiger partial charge in [-0.15, -0.1) is 0 Å². The second-order valence-electron chi connectivity index (χ2n) is 5.33. The molecule has 0 radical (unpaired) electrons. The van der Waals surface area contributed by atoms with Crippen LogP contribution < -0.4 is 10.6 Å². The molecule has 3 rings (SSSR count). The van der Waals surface area contributed by atoms with Crippen LogP contribution in [-0.2, 0) is 0 Å². The minimum absolute atomic E-state index is 0.236. The van der Waals surface area contributed by atoms with Gasteiger partial charge in [-0.2, -0.15) is 0 Å². The number of carbonyl (C=O) groups excluding carboxylic acids is 1. The SMILES string of the molecule is Cc1ccccc1Nc1ccc(C(=O)Nc2ccc(Br)cc2)nc1. The molecule has 0 aliphatic heterocycles. The molecule has 1 amide bonds. The molecule has 120 valence electrons. The van der Waals surface area contributed by atoms with Gasteiger partial charge in [0.2, 0.25) is 0 Å². The molecule has 0 aliphatic carbocycles. The monoisotopic (exact) mass is 381 g/mol. The van der Waals surface area contributed by atoms with Crippen molar-refractivity contribution in [2.45, 2.75) is 6.92 Å². The smallest absolute Gasteiger partial charge is 0.274 e. The van der Waals surface area contributed by atoms with Crippen molar-refractivity contribution in [3.8, 4) is 0 Å². The van der Waals surface area contributed by atoms with E-state index in [2.05, 4.69) is 31.5 Å². The second-order valence-corrected chi connectivity index (χ2v) is 6.25. The number of nitrogens with one attached hydrogen (secondary N) is 2. The first-order valence-corrected chi connectivity index (χ1v) is 8.27. The molecule has 24 heavy (non-hydrogen) atoms. The van der Waals surface area contributed by atoms with Crippen molar-refractivity contribution in [1.82, 2.24) is 4.98 Å². The predicted molar refractivity (Wildman–Crippen MR) is 101 cm³/mol. The van der Waals surface area contributed by atoms with Crippen molar-refractivity contribution in [3.05, 3.63) is 82.6 Å². The summed E-state index contributed by atoms with van der Waals surface area (Å²) in [6, 6.07) is 19.0. The maximum absolute atomic E-state index is 12.2. The molecule has 0 spiro atoms. The highest BCUT2D eigenvalue weighted by atomic mass is 79.9. The average Bonchev–Trinajstić information content (AvgIpc) is 2.59. The lowest BCUT2D eigenvalue weighted by atomic mass is 10.2. The average molecular weight is 382 g/mol. The highest BCUT2D eigenvalue weighted by Crippen LogP contribution is 2.20. The molecular weight excluding hydrogens is 366 g/mol. The number of halogens is 1. The standard InChI is InChI=1S/C19H16BrN3O/c1-13-4-2-3-5-17(13)22-16-10-11-18(21-12-16)19(24)23-15-8-6-14(20)7-9-15/h2-12,22H,1H3,(H,23,24). The summed E-state index contributed by atoms with van der Waals surface area (Å²) in [5.41, 5.74) is 4.10. The number of amides is 1. The van der Waals surface area contributed by atoms with Crippen molar-refractivity contribution < 1.29 is 4.79 Å². The quantitative estimate of drug-likeness (QED) is 0.656. The van der Waals surface area contributed by atoms with Crippen LogP contribution >= 0.6 is 15.9 Å². The number of benzene rings is 2. The summed E-state index contributed by atoms with van der Waals surface area (Å²) in [6.45, 7) is 2.04. The number of nitrogens with zero attached hydrogens (tertiary/aromatic N) is 1. The van der Waals surface area contributed by atoms with E-state index in [0.29, 0.717) is 5.69 Å². The normalized spacial score (nSPS) is 10.2. The van der Waals surface area contributed by atoms with Crippen molar-refractivity contribution in [3.63, 3.8) is 0 Å². The molecule has 1 heterocycles. The number of hydrogen-bond acceptors (Lipinski definition) is 3. The van der Waals surface area contributed by atoms with Crippen LogP contribution in [0, 0.1) is 6.92 Å². The van der Waals surface area contributed by atoms with Gasteiger partial charge >= 0.3 is 0 Å². The first kappa shape index (κ1) is 16.2. The summed E-state index contributed by atoms with van der Waals surface area (Å²) >= 11 is 3.36. The zero-order valence-corrected chi connectivity index (χ0v) is 14.7. The van der Waals surface area contributed by atoms with E-state index in [0.717, 1.165) is 27.1 Å². The lowest BCUT2D eigenvalue weighted by molar-refractivity contribution is 0.102. The largest absolute Gasteiger partial charge is 0.354 e. The highest BCUT2D eigenvalue weighted by molar-refractivity contribution is 9.10. The molecule has 0 saturated carbocycles. The Morgan fingerprint density at radius 3 is 2.33 bits per heavy atom. The van der Waals surface area contributed by atoms with Gasteiger partial charge in [0.05, 0.1) is 11.9 Å². The molecule has 1 aromatic heterocycles. The van der Waals surface area contributed by atoms with Crippen LogP contribution in [0.2, 0.25) is 0 Å². The Hall–Kier alpha value is -2.66. The lowest BCUT2D eigenvalue weighted by Crippen LogP contribution is -2.13. The summed E-state index contributed by atoms with van der Waals surface area (Å²) in [5, 5.41) is 6.12. The Labute approximate surface area is 149 Å². The van der Waals surface area contributed by atoms with Gasteiger partial charge in [0.25, 0.3) is 5.91 Å². The molecule has 2 aromatic carbocycles. The molecule has 2 N–H and O–H groups in total. The molecule has 0 aliphatic rings. The van der Waals surface area contributed by atoms with Crippen molar-refractivity contribution in [2.24, 2.45) is 0 Å². The lowest BCUT2D eigenvalue weighted by Gasteiger charge is -2.09. The fourth-order valence-electron chi connectivity index (χ4n) is 2.20. The van der Waals surface area contributed by atoms with E-state index in [-0.39, 0.29) is 5.91 Å². The van der Waals surface area contributed by atoms with Crippen LogP contribution in [0.1, 0.15) is 16.1 Å². The topological polar surface area (TPSA) is 54.0 Å². The molecule has 0 atom stereocenters. The first-order chi connectivity index (χ1) is 11.6. The number of aryl methyl sites for hydroxylation is 1.